The number of carbonyl (C=O) groups is 1. The highest BCUT2D eigenvalue weighted by atomic mass is 16.6. The first-order valence-corrected chi connectivity index (χ1v) is 11.9. The van der Waals surface area contributed by atoms with Gasteiger partial charge in [0.25, 0.3) is 0 Å². The third kappa shape index (κ3) is 4.05. The zero-order valence-corrected chi connectivity index (χ0v) is 19.2. The lowest BCUT2D eigenvalue weighted by atomic mass is 9.81. The number of hydrogen-bond donors (Lipinski definition) is 0. The number of benzene rings is 2. The molecule has 3 aliphatic carbocycles. The minimum atomic E-state index is -0.194. The molecule has 0 heterocycles. The molecular weight excluding hydrogens is 384 g/mol. The van der Waals surface area contributed by atoms with Crippen LogP contribution in [-0.2, 0) is 16.1 Å². The summed E-state index contributed by atoms with van der Waals surface area (Å²) in [6.07, 6.45) is 4.84. The first-order valence-electron chi connectivity index (χ1n) is 11.9. The lowest BCUT2D eigenvalue weighted by molar-refractivity contribution is -0.0621. The molecule has 3 heteroatoms. The van der Waals surface area contributed by atoms with Gasteiger partial charge in [0.15, 0.2) is 0 Å². The fourth-order valence-corrected chi connectivity index (χ4v) is 6.92. The van der Waals surface area contributed by atoms with Crippen LogP contribution < -0.4 is 0 Å². The Bertz CT molecular complexity index is 953. The van der Waals surface area contributed by atoms with Gasteiger partial charge < -0.3 is 9.47 Å². The van der Waals surface area contributed by atoms with Crippen LogP contribution in [0.3, 0.4) is 0 Å². The molecule has 0 amide bonds. The number of fused-ring (bicyclic) bond motifs is 5. The number of esters is 1. The number of hydrogen-bond acceptors (Lipinski definition) is 3. The molecule has 0 radical (unpaired) electrons. The molecule has 5 rings (SSSR count). The van der Waals surface area contributed by atoms with Crippen LogP contribution in [0.1, 0.15) is 63.9 Å². The Morgan fingerprint density at radius 1 is 0.839 bits per heavy atom. The van der Waals surface area contributed by atoms with E-state index >= 15 is 0 Å². The summed E-state index contributed by atoms with van der Waals surface area (Å²) >= 11 is 0. The molecule has 164 valence electrons. The SMILES string of the molecule is Cc1cc(C)cc(COC2CC3C4CCC(C4)C3C2OC(=O)c2cc(C)cc(C)c2)c1. The quantitative estimate of drug-likeness (QED) is 0.551. The average Bonchev–Trinajstić information content (AvgIpc) is 3.38. The van der Waals surface area contributed by atoms with Crippen molar-refractivity contribution in [2.75, 3.05) is 0 Å². The van der Waals surface area contributed by atoms with Crippen LogP contribution >= 0.6 is 0 Å². The molecule has 0 saturated heterocycles. The molecule has 6 unspecified atom stereocenters. The van der Waals surface area contributed by atoms with E-state index in [-0.39, 0.29) is 18.2 Å². The van der Waals surface area contributed by atoms with Crippen LogP contribution in [0.4, 0.5) is 0 Å². The Balaban J connectivity index is 1.35. The predicted octanol–water partition coefficient (Wildman–Crippen LogP) is 6.10. The maximum Gasteiger partial charge on any atom is 0.338 e. The molecular formula is C28H34O3. The smallest absolute Gasteiger partial charge is 0.338 e. The predicted molar refractivity (Wildman–Crippen MR) is 122 cm³/mol. The van der Waals surface area contributed by atoms with Crippen molar-refractivity contribution in [2.24, 2.45) is 23.7 Å². The summed E-state index contributed by atoms with van der Waals surface area (Å²) in [7, 11) is 0. The van der Waals surface area contributed by atoms with Gasteiger partial charge in [-0.05, 0) is 88.8 Å². The molecule has 0 spiro atoms. The molecule has 3 saturated carbocycles. The van der Waals surface area contributed by atoms with Gasteiger partial charge in [0.1, 0.15) is 6.10 Å². The standard InChI is InChI=1S/C28H34O3/c1-16-7-17(2)10-20(9-16)15-30-25-14-24-21-5-6-22(13-21)26(24)27(25)31-28(29)23-11-18(3)8-19(4)12-23/h7-12,21-22,24-27H,5-6,13-15H2,1-4H3. The van der Waals surface area contributed by atoms with Crippen molar-refractivity contribution in [1.82, 2.24) is 0 Å². The van der Waals surface area contributed by atoms with Crippen LogP contribution in [0, 0.1) is 51.4 Å². The molecule has 0 aliphatic heterocycles. The van der Waals surface area contributed by atoms with Crippen molar-refractivity contribution in [3.63, 3.8) is 0 Å². The van der Waals surface area contributed by atoms with Crippen LogP contribution in [-0.4, -0.2) is 18.2 Å². The normalized spacial score (nSPS) is 31.1. The maximum absolute atomic E-state index is 13.1. The summed E-state index contributed by atoms with van der Waals surface area (Å²) in [4.78, 5) is 13.1. The fraction of sp³-hybridized carbons (Fsp3) is 0.536. The monoisotopic (exact) mass is 418 g/mol. The highest BCUT2D eigenvalue weighted by molar-refractivity contribution is 5.90. The highest BCUT2D eigenvalue weighted by Gasteiger charge is 2.58. The second-order valence-electron chi connectivity index (χ2n) is 10.4. The molecule has 0 aromatic heterocycles. The topological polar surface area (TPSA) is 35.5 Å². The minimum absolute atomic E-state index is 0.00549. The van der Waals surface area contributed by atoms with Crippen molar-refractivity contribution in [3.8, 4) is 0 Å². The van der Waals surface area contributed by atoms with Gasteiger partial charge in [0, 0.05) is 5.92 Å². The Labute approximate surface area is 186 Å². The first-order chi connectivity index (χ1) is 14.9. The van der Waals surface area contributed by atoms with E-state index in [1.807, 2.05) is 26.0 Å². The second-order valence-corrected chi connectivity index (χ2v) is 10.4. The summed E-state index contributed by atoms with van der Waals surface area (Å²) in [5, 5.41) is 0. The lowest BCUT2D eigenvalue weighted by Gasteiger charge is -2.30. The number of carbonyl (C=O) groups excluding carboxylic acids is 1. The van der Waals surface area contributed by atoms with Crippen molar-refractivity contribution in [2.45, 2.75) is 72.2 Å². The second kappa shape index (κ2) is 8.09. The van der Waals surface area contributed by atoms with Gasteiger partial charge in [-0.15, -0.1) is 0 Å². The summed E-state index contributed by atoms with van der Waals surface area (Å²) in [5.41, 5.74) is 6.59. The van der Waals surface area contributed by atoms with E-state index in [0.717, 1.165) is 23.5 Å². The summed E-state index contributed by atoms with van der Waals surface area (Å²) in [6.45, 7) is 8.90. The van der Waals surface area contributed by atoms with E-state index in [0.29, 0.717) is 29.9 Å². The van der Waals surface area contributed by atoms with Crippen LogP contribution in [0.2, 0.25) is 0 Å². The molecule has 3 fully saturated rings. The van der Waals surface area contributed by atoms with Gasteiger partial charge in [0.05, 0.1) is 18.3 Å². The number of aryl methyl sites for hydroxylation is 4. The van der Waals surface area contributed by atoms with Gasteiger partial charge in [-0.1, -0.05) is 46.5 Å². The molecule has 2 bridgehead atoms. The van der Waals surface area contributed by atoms with E-state index in [1.165, 1.54) is 36.0 Å². The van der Waals surface area contributed by atoms with E-state index in [2.05, 4.69) is 38.1 Å². The van der Waals surface area contributed by atoms with Crippen molar-refractivity contribution < 1.29 is 14.3 Å². The highest BCUT2D eigenvalue weighted by Crippen LogP contribution is 2.60. The molecule has 2 aromatic rings. The first kappa shape index (κ1) is 20.8. The largest absolute Gasteiger partial charge is 0.456 e. The average molecular weight is 419 g/mol. The van der Waals surface area contributed by atoms with E-state index in [9.17, 15) is 4.79 Å². The van der Waals surface area contributed by atoms with E-state index in [4.69, 9.17) is 9.47 Å². The van der Waals surface area contributed by atoms with Crippen molar-refractivity contribution in [3.05, 3.63) is 69.8 Å². The van der Waals surface area contributed by atoms with E-state index in [1.54, 1.807) is 0 Å². The van der Waals surface area contributed by atoms with Crippen molar-refractivity contribution in [1.29, 1.82) is 0 Å². The molecule has 0 N–H and O–H groups in total. The van der Waals surface area contributed by atoms with Gasteiger partial charge >= 0.3 is 5.97 Å². The van der Waals surface area contributed by atoms with Gasteiger partial charge in [0.2, 0.25) is 0 Å². The number of rotatable bonds is 5. The van der Waals surface area contributed by atoms with Gasteiger partial charge in [-0.3, -0.25) is 0 Å². The minimum Gasteiger partial charge on any atom is -0.456 e. The van der Waals surface area contributed by atoms with Crippen molar-refractivity contribution >= 4 is 5.97 Å². The van der Waals surface area contributed by atoms with Crippen LogP contribution in [0.5, 0.6) is 0 Å². The number of ether oxygens (including phenoxy) is 2. The molecule has 3 aliphatic rings. The molecule has 2 aromatic carbocycles. The third-order valence-electron chi connectivity index (χ3n) is 7.85. The third-order valence-corrected chi connectivity index (χ3v) is 7.85. The fourth-order valence-electron chi connectivity index (χ4n) is 6.92. The van der Waals surface area contributed by atoms with E-state index < -0.39 is 0 Å². The lowest BCUT2D eigenvalue weighted by Crippen LogP contribution is -2.36. The van der Waals surface area contributed by atoms with Gasteiger partial charge in [-0.2, -0.15) is 0 Å². The molecule has 3 nitrogen and oxygen atoms in total. The Morgan fingerprint density at radius 2 is 1.45 bits per heavy atom. The molecule has 6 atom stereocenters. The van der Waals surface area contributed by atoms with Gasteiger partial charge in [-0.25, -0.2) is 4.79 Å². The Hall–Kier alpha value is -2.13. The van der Waals surface area contributed by atoms with Crippen LogP contribution in [0.15, 0.2) is 36.4 Å². The Morgan fingerprint density at radius 3 is 2.13 bits per heavy atom. The summed E-state index contributed by atoms with van der Waals surface area (Å²) < 4.78 is 12.7. The maximum atomic E-state index is 13.1. The van der Waals surface area contributed by atoms with Crippen LogP contribution in [0.25, 0.3) is 0 Å². The summed E-state index contributed by atoms with van der Waals surface area (Å²) in [6, 6.07) is 12.6. The zero-order valence-electron chi connectivity index (χ0n) is 19.2. The Kier molecular flexibility index (Phi) is 5.42. The molecule has 31 heavy (non-hydrogen) atoms. The zero-order chi connectivity index (χ0) is 21.7. The summed E-state index contributed by atoms with van der Waals surface area (Å²) in [5.74, 6) is 2.42.